The zero-order valence-electron chi connectivity index (χ0n) is 10.4. The highest BCUT2D eigenvalue weighted by Gasteiger charge is 2.19. The van der Waals surface area contributed by atoms with Crippen molar-refractivity contribution in [3.8, 4) is 0 Å². The van der Waals surface area contributed by atoms with Crippen molar-refractivity contribution in [1.82, 2.24) is 0 Å². The van der Waals surface area contributed by atoms with Gasteiger partial charge in [-0.25, -0.2) is 4.39 Å². The minimum atomic E-state index is -0.804. The Morgan fingerprint density at radius 3 is 2.89 bits per heavy atom. The molecule has 0 amide bonds. The number of hydrogen-bond donors (Lipinski definition) is 1. The molecule has 1 N–H and O–H groups in total. The van der Waals surface area contributed by atoms with Gasteiger partial charge in [-0.05, 0) is 37.3 Å². The molecule has 2 aromatic heterocycles. The third-order valence-electron chi connectivity index (χ3n) is 3.21. The summed E-state index contributed by atoms with van der Waals surface area (Å²) in [4.78, 5) is 0. The molecule has 3 rings (SSSR count). The number of aliphatic hydroxyl groups excluding tert-OH is 1. The monoisotopic (exact) mass is 260 g/mol. The van der Waals surface area contributed by atoms with E-state index in [1.54, 1.807) is 24.5 Å². The summed E-state index contributed by atoms with van der Waals surface area (Å²) in [6.07, 6.45) is 1.08. The van der Waals surface area contributed by atoms with Crippen LogP contribution in [0.5, 0.6) is 0 Å². The van der Waals surface area contributed by atoms with Gasteiger partial charge in [0.25, 0.3) is 0 Å². The van der Waals surface area contributed by atoms with Crippen molar-refractivity contribution < 1.29 is 18.3 Å². The van der Waals surface area contributed by atoms with E-state index in [9.17, 15) is 9.50 Å². The average Bonchev–Trinajstić information content (AvgIpc) is 2.98. The predicted octanol–water partition coefficient (Wildman–Crippen LogP) is 3.75. The number of aliphatic hydroxyl groups is 1. The molecule has 0 aliphatic carbocycles. The molecule has 0 bridgehead atoms. The van der Waals surface area contributed by atoms with E-state index >= 15 is 0 Å². The van der Waals surface area contributed by atoms with Crippen LogP contribution in [0.3, 0.4) is 0 Å². The first kappa shape index (κ1) is 12.0. The van der Waals surface area contributed by atoms with E-state index < -0.39 is 6.10 Å². The summed E-state index contributed by atoms with van der Waals surface area (Å²) in [6.45, 7) is 1.81. The van der Waals surface area contributed by atoms with Gasteiger partial charge in [0.1, 0.15) is 29.0 Å². The molecule has 0 spiro atoms. The van der Waals surface area contributed by atoms with Crippen LogP contribution >= 0.6 is 0 Å². The van der Waals surface area contributed by atoms with Crippen LogP contribution in [0.25, 0.3) is 11.0 Å². The molecule has 0 fully saturated rings. The largest absolute Gasteiger partial charge is 0.469 e. The quantitative estimate of drug-likeness (QED) is 0.780. The van der Waals surface area contributed by atoms with Crippen molar-refractivity contribution >= 4 is 11.0 Å². The molecule has 2 heterocycles. The van der Waals surface area contributed by atoms with Crippen LogP contribution in [-0.2, 0) is 6.42 Å². The van der Waals surface area contributed by atoms with Crippen LogP contribution in [0.4, 0.5) is 4.39 Å². The number of hydrogen-bond acceptors (Lipinski definition) is 3. The zero-order valence-corrected chi connectivity index (χ0v) is 10.4. The SMILES string of the molecule is Cc1c(C(O)Cc2ccco2)oc2ccc(F)cc12. The second-order valence-electron chi connectivity index (χ2n) is 4.53. The summed E-state index contributed by atoms with van der Waals surface area (Å²) >= 11 is 0. The number of aryl methyl sites for hydroxylation is 1. The molecule has 19 heavy (non-hydrogen) atoms. The lowest BCUT2D eigenvalue weighted by Gasteiger charge is -2.06. The van der Waals surface area contributed by atoms with Crippen molar-refractivity contribution in [2.75, 3.05) is 0 Å². The van der Waals surface area contributed by atoms with Gasteiger partial charge >= 0.3 is 0 Å². The number of fused-ring (bicyclic) bond motifs is 1. The Balaban J connectivity index is 1.98. The lowest BCUT2D eigenvalue weighted by molar-refractivity contribution is 0.145. The van der Waals surface area contributed by atoms with Gasteiger partial charge < -0.3 is 13.9 Å². The van der Waals surface area contributed by atoms with Crippen LogP contribution in [0, 0.1) is 12.7 Å². The maximum absolute atomic E-state index is 13.2. The first-order chi connectivity index (χ1) is 9.15. The third kappa shape index (κ3) is 2.15. The van der Waals surface area contributed by atoms with Gasteiger partial charge in [-0.3, -0.25) is 0 Å². The first-order valence-corrected chi connectivity index (χ1v) is 6.04. The molecule has 3 aromatic rings. The van der Waals surface area contributed by atoms with Gasteiger partial charge in [-0.15, -0.1) is 0 Å². The smallest absolute Gasteiger partial charge is 0.137 e. The summed E-state index contributed by atoms with van der Waals surface area (Å²) in [5.41, 5.74) is 1.33. The van der Waals surface area contributed by atoms with Crippen LogP contribution in [0.2, 0.25) is 0 Å². The number of rotatable bonds is 3. The van der Waals surface area contributed by atoms with Gasteiger partial charge in [0, 0.05) is 17.4 Å². The Bertz CT molecular complexity index is 698. The Labute approximate surface area is 109 Å². The summed E-state index contributed by atoms with van der Waals surface area (Å²) in [5.74, 6) is 0.819. The molecule has 0 aliphatic heterocycles. The average molecular weight is 260 g/mol. The molecule has 0 saturated heterocycles. The van der Waals surface area contributed by atoms with E-state index in [0.29, 0.717) is 28.9 Å². The van der Waals surface area contributed by atoms with Gasteiger partial charge in [-0.1, -0.05) is 0 Å². The number of benzene rings is 1. The Morgan fingerprint density at radius 1 is 1.32 bits per heavy atom. The minimum absolute atomic E-state index is 0.316. The fraction of sp³-hybridized carbons (Fsp3) is 0.200. The minimum Gasteiger partial charge on any atom is -0.469 e. The van der Waals surface area contributed by atoms with Gasteiger partial charge in [0.2, 0.25) is 0 Å². The fourth-order valence-corrected chi connectivity index (χ4v) is 2.24. The van der Waals surface area contributed by atoms with E-state index in [-0.39, 0.29) is 5.82 Å². The normalized spacial score (nSPS) is 13.0. The maximum atomic E-state index is 13.2. The Hall–Kier alpha value is -2.07. The lowest BCUT2D eigenvalue weighted by Crippen LogP contribution is -2.01. The number of halogens is 1. The summed E-state index contributed by atoms with van der Waals surface area (Å²) in [6, 6.07) is 7.88. The van der Waals surface area contributed by atoms with Gasteiger partial charge in [0.15, 0.2) is 0 Å². The third-order valence-corrected chi connectivity index (χ3v) is 3.21. The lowest BCUT2D eigenvalue weighted by atomic mass is 10.1. The first-order valence-electron chi connectivity index (χ1n) is 6.04. The van der Waals surface area contributed by atoms with Crippen LogP contribution in [0.1, 0.15) is 23.2 Å². The predicted molar refractivity (Wildman–Crippen MR) is 68.3 cm³/mol. The van der Waals surface area contributed by atoms with E-state index in [2.05, 4.69) is 0 Å². The summed E-state index contributed by atoms with van der Waals surface area (Å²) in [5, 5.41) is 10.9. The Kier molecular flexibility index (Phi) is 2.87. The molecule has 0 radical (unpaired) electrons. The van der Waals surface area contributed by atoms with Crippen LogP contribution in [0.15, 0.2) is 45.4 Å². The topological polar surface area (TPSA) is 46.5 Å². The molecule has 3 nitrogen and oxygen atoms in total. The van der Waals surface area contributed by atoms with E-state index in [0.717, 1.165) is 5.56 Å². The molecular weight excluding hydrogens is 247 g/mol. The van der Waals surface area contributed by atoms with E-state index in [1.165, 1.54) is 12.1 Å². The Morgan fingerprint density at radius 2 is 2.16 bits per heavy atom. The second kappa shape index (κ2) is 4.55. The van der Waals surface area contributed by atoms with Gasteiger partial charge in [-0.2, -0.15) is 0 Å². The fourth-order valence-electron chi connectivity index (χ4n) is 2.24. The summed E-state index contributed by atoms with van der Waals surface area (Å²) < 4.78 is 24.0. The zero-order chi connectivity index (χ0) is 13.4. The maximum Gasteiger partial charge on any atom is 0.137 e. The highest BCUT2D eigenvalue weighted by molar-refractivity contribution is 5.82. The molecule has 98 valence electrons. The van der Waals surface area contributed by atoms with Crippen LogP contribution in [-0.4, -0.2) is 5.11 Å². The van der Waals surface area contributed by atoms with E-state index in [4.69, 9.17) is 8.83 Å². The molecule has 1 aromatic carbocycles. The molecule has 1 unspecified atom stereocenters. The number of furan rings is 2. The van der Waals surface area contributed by atoms with Gasteiger partial charge in [0.05, 0.1) is 6.26 Å². The van der Waals surface area contributed by atoms with Crippen molar-refractivity contribution in [2.24, 2.45) is 0 Å². The van der Waals surface area contributed by atoms with Crippen LogP contribution < -0.4 is 0 Å². The van der Waals surface area contributed by atoms with E-state index in [1.807, 2.05) is 6.92 Å². The standard InChI is InChI=1S/C15H13FO3/c1-9-12-7-10(16)4-5-14(12)19-15(9)13(17)8-11-3-2-6-18-11/h2-7,13,17H,8H2,1H3. The molecule has 0 saturated carbocycles. The van der Waals surface area contributed by atoms with Crippen molar-refractivity contribution in [2.45, 2.75) is 19.4 Å². The highest BCUT2D eigenvalue weighted by atomic mass is 19.1. The van der Waals surface area contributed by atoms with Crippen molar-refractivity contribution in [3.05, 3.63) is 59.5 Å². The molecule has 0 aliphatic rings. The second-order valence-corrected chi connectivity index (χ2v) is 4.53. The molecule has 1 atom stereocenters. The van der Waals surface area contributed by atoms with Crippen molar-refractivity contribution in [1.29, 1.82) is 0 Å². The molecular formula is C15H13FO3. The highest BCUT2D eigenvalue weighted by Crippen LogP contribution is 2.31. The van der Waals surface area contributed by atoms with Crippen molar-refractivity contribution in [3.63, 3.8) is 0 Å². The molecule has 4 heteroatoms. The summed E-state index contributed by atoms with van der Waals surface area (Å²) in [7, 11) is 0.